The molecule has 4 nitrogen and oxygen atoms in total. The van der Waals surface area contributed by atoms with Gasteiger partial charge >= 0.3 is 5.97 Å². The zero-order valence-corrected chi connectivity index (χ0v) is 10.3. The van der Waals surface area contributed by atoms with Crippen LogP contribution in [0, 0.1) is 5.82 Å². The average Bonchev–Trinajstić information content (AvgIpc) is 2.78. The van der Waals surface area contributed by atoms with Gasteiger partial charge in [0.15, 0.2) is 0 Å². The Morgan fingerprint density at radius 2 is 2.17 bits per heavy atom. The second-order valence-corrected chi connectivity index (χ2v) is 4.67. The summed E-state index contributed by atoms with van der Waals surface area (Å²) in [4.78, 5) is 14.7. The van der Waals surface area contributed by atoms with E-state index in [4.69, 9.17) is 5.11 Å². The van der Waals surface area contributed by atoms with Gasteiger partial charge < -0.3 is 10.0 Å². The van der Waals surface area contributed by atoms with Crippen LogP contribution in [0.15, 0.2) is 24.3 Å². The molecule has 0 aromatic heterocycles. The molecule has 0 spiro atoms. The summed E-state index contributed by atoms with van der Waals surface area (Å²) in [6.07, 6.45) is 0.932. The van der Waals surface area contributed by atoms with Gasteiger partial charge in [0, 0.05) is 24.8 Å². The number of carbonyl (C=O) groups is 1. The Balaban J connectivity index is 1.95. The van der Waals surface area contributed by atoms with Crippen molar-refractivity contribution in [2.75, 3.05) is 31.6 Å². The summed E-state index contributed by atoms with van der Waals surface area (Å²) in [6.45, 7) is 1.72. The Bertz CT molecular complexity index is 422. The highest BCUT2D eigenvalue weighted by Crippen LogP contribution is 2.22. The van der Waals surface area contributed by atoms with E-state index in [1.54, 1.807) is 12.1 Å². The summed E-state index contributed by atoms with van der Waals surface area (Å²) in [5.41, 5.74) is 0.989. The number of carboxylic acids is 1. The van der Waals surface area contributed by atoms with Crippen LogP contribution in [0.1, 0.15) is 6.42 Å². The lowest BCUT2D eigenvalue weighted by molar-refractivity contribution is -0.138. The molecule has 1 aromatic carbocycles. The van der Waals surface area contributed by atoms with Gasteiger partial charge in [0.05, 0.1) is 6.54 Å². The lowest BCUT2D eigenvalue weighted by atomic mass is 10.2. The van der Waals surface area contributed by atoms with Crippen molar-refractivity contribution in [3.63, 3.8) is 0 Å². The maximum atomic E-state index is 12.8. The largest absolute Gasteiger partial charge is 0.480 e. The average molecular weight is 252 g/mol. The van der Waals surface area contributed by atoms with Gasteiger partial charge in [-0.1, -0.05) is 0 Å². The summed E-state index contributed by atoms with van der Waals surface area (Å²) in [5, 5.41) is 8.76. The van der Waals surface area contributed by atoms with E-state index < -0.39 is 5.97 Å². The third kappa shape index (κ3) is 2.98. The first-order valence-electron chi connectivity index (χ1n) is 5.99. The molecule has 0 aliphatic carbocycles. The van der Waals surface area contributed by atoms with Crippen LogP contribution in [0.5, 0.6) is 0 Å². The molecule has 1 aromatic rings. The summed E-state index contributed by atoms with van der Waals surface area (Å²) in [7, 11) is 1.83. The third-order valence-electron chi connectivity index (χ3n) is 3.36. The number of hydrogen-bond donors (Lipinski definition) is 1. The fourth-order valence-electron chi connectivity index (χ4n) is 2.33. The monoisotopic (exact) mass is 252 g/mol. The number of aliphatic carboxylic acids is 1. The molecule has 0 amide bonds. The van der Waals surface area contributed by atoms with Crippen molar-refractivity contribution < 1.29 is 14.3 Å². The lowest BCUT2D eigenvalue weighted by Crippen LogP contribution is -2.37. The first-order valence-corrected chi connectivity index (χ1v) is 5.99. The summed E-state index contributed by atoms with van der Waals surface area (Å²) < 4.78 is 12.8. The van der Waals surface area contributed by atoms with Crippen molar-refractivity contribution in [1.82, 2.24) is 4.90 Å². The second-order valence-electron chi connectivity index (χ2n) is 4.67. The fourth-order valence-corrected chi connectivity index (χ4v) is 2.33. The third-order valence-corrected chi connectivity index (χ3v) is 3.36. The normalized spacial score (nSPS) is 19.5. The Kier molecular flexibility index (Phi) is 3.81. The molecule has 1 aliphatic rings. The predicted molar refractivity (Wildman–Crippen MR) is 67.3 cm³/mol. The Morgan fingerprint density at radius 1 is 1.50 bits per heavy atom. The van der Waals surface area contributed by atoms with E-state index in [1.807, 2.05) is 11.9 Å². The number of carboxylic acid groups (broad SMARTS) is 1. The van der Waals surface area contributed by atoms with Gasteiger partial charge in [0.1, 0.15) is 5.82 Å². The molecule has 98 valence electrons. The van der Waals surface area contributed by atoms with Crippen molar-refractivity contribution in [3.05, 3.63) is 30.1 Å². The zero-order chi connectivity index (χ0) is 13.1. The van der Waals surface area contributed by atoms with Crippen LogP contribution in [-0.4, -0.2) is 48.7 Å². The molecule has 1 atom stereocenters. The topological polar surface area (TPSA) is 43.8 Å². The Labute approximate surface area is 106 Å². The van der Waals surface area contributed by atoms with Crippen LogP contribution in [0.25, 0.3) is 0 Å². The predicted octanol–water partition coefficient (Wildman–Crippen LogP) is 1.42. The minimum Gasteiger partial charge on any atom is -0.480 e. The molecule has 1 N–H and O–H groups in total. The van der Waals surface area contributed by atoms with Crippen LogP contribution in [0.3, 0.4) is 0 Å². The van der Waals surface area contributed by atoms with Gasteiger partial charge in [-0.25, -0.2) is 4.39 Å². The SMILES string of the molecule is CN(CC(=O)O)C1CCN(c2ccc(F)cc2)C1. The fraction of sp³-hybridized carbons (Fsp3) is 0.462. The van der Waals surface area contributed by atoms with Crippen LogP contribution >= 0.6 is 0 Å². The first kappa shape index (κ1) is 12.8. The van der Waals surface area contributed by atoms with E-state index in [0.717, 1.165) is 25.2 Å². The number of likely N-dealkylation sites (N-methyl/N-ethyl adjacent to an activating group) is 1. The Hall–Kier alpha value is -1.62. The van der Waals surface area contributed by atoms with E-state index in [0.29, 0.717) is 0 Å². The summed E-state index contributed by atoms with van der Waals surface area (Å²) in [6, 6.07) is 6.66. The van der Waals surface area contributed by atoms with E-state index in [2.05, 4.69) is 4.90 Å². The highest BCUT2D eigenvalue weighted by molar-refractivity contribution is 5.69. The minimum atomic E-state index is -0.808. The molecule has 1 heterocycles. The number of halogens is 1. The van der Waals surface area contributed by atoms with Gasteiger partial charge in [-0.2, -0.15) is 0 Å². The molecule has 1 unspecified atom stereocenters. The molecule has 18 heavy (non-hydrogen) atoms. The molecule has 5 heteroatoms. The van der Waals surface area contributed by atoms with E-state index >= 15 is 0 Å². The number of nitrogens with zero attached hydrogens (tertiary/aromatic N) is 2. The highest BCUT2D eigenvalue weighted by Gasteiger charge is 2.26. The maximum absolute atomic E-state index is 12.8. The smallest absolute Gasteiger partial charge is 0.317 e. The van der Waals surface area contributed by atoms with Crippen molar-refractivity contribution in [1.29, 1.82) is 0 Å². The molecule has 0 radical (unpaired) electrons. The lowest BCUT2D eigenvalue weighted by Gasteiger charge is -2.23. The molecule has 1 aliphatic heterocycles. The van der Waals surface area contributed by atoms with Crippen LogP contribution < -0.4 is 4.90 Å². The van der Waals surface area contributed by atoms with Gasteiger partial charge in [0.2, 0.25) is 0 Å². The van der Waals surface area contributed by atoms with Crippen molar-refractivity contribution in [3.8, 4) is 0 Å². The second kappa shape index (κ2) is 5.35. The van der Waals surface area contributed by atoms with Crippen LogP contribution in [-0.2, 0) is 4.79 Å². The van der Waals surface area contributed by atoms with Crippen molar-refractivity contribution in [2.45, 2.75) is 12.5 Å². The number of hydrogen-bond acceptors (Lipinski definition) is 3. The first-order chi connectivity index (χ1) is 8.56. The van der Waals surface area contributed by atoms with E-state index in [9.17, 15) is 9.18 Å². The number of rotatable bonds is 4. The number of benzene rings is 1. The van der Waals surface area contributed by atoms with Crippen LogP contribution in [0.4, 0.5) is 10.1 Å². The van der Waals surface area contributed by atoms with Crippen molar-refractivity contribution >= 4 is 11.7 Å². The summed E-state index contributed by atoms with van der Waals surface area (Å²) >= 11 is 0. The van der Waals surface area contributed by atoms with E-state index in [1.165, 1.54) is 12.1 Å². The molecule has 0 bridgehead atoms. The maximum Gasteiger partial charge on any atom is 0.317 e. The highest BCUT2D eigenvalue weighted by atomic mass is 19.1. The number of anilines is 1. The standard InChI is InChI=1S/C13H17FN2O2/c1-15(9-13(17)18)12-6-7-16(8-12)11-4-2-10(14)3-5-11/h2-5,12H,6-9H2,1H3,(H,17,18). The van der Waals surface area contributed by atoms with Crippen molar-refractivity contribution in [2.24, 2.45) is 0 Å². The zero-order valence-electron chi connectivity index (χ0n) is 10.3. The summed E-state index contributed by atoms with van der Waals surface area (Å²) in [5.74, 6) is -1.05. The molecular weight excluding hydrogens is 235 g/mol. The van der Waals surface area contributed by atoms with Gasteiger partial charge in [-0.3, -0.25) is 9.69 Å². The van der Waals surface area contributed by atoms with E-state index in [-0.39, 0.29) is 18.4 Å². The molecule has 1 saturated heterocycles. The van der Waals surface area contributed by atoms with Gasteiger partial charge in [0.25, 0.3) is 0 Å². The molecule has 1 fully saturated rings. The quantitative estimate of drug-likeness (QED) is 0.880. The Morgan fingerprint density at radius 3 is 2.78 bits per heavy atom. The van der Waals surface area contributed by atoms with Gasteiger partial charge in [-0.15, -0.1) is 0 Å². The molecule has 2 rings (SSSR count). The van der Waals surface area contributed by atoms with Gasteiger partial charge in [-0.05, 0) is 37.7 Å². The van der Waals surface area contributed by atoms with Crippen LogP contribution in [0.2, 0.25) is 0 Å². The molecule has 0 saturated carbocycles. The molecular formula is C13H17FN2O2. The minimum absolute atomic E-state index is 0.0575.